The van der Waals surface area contributed by atoms with Crippen LogP contribution >= 0.6 is 0 Å². The lowest BCUT2D eigenvalue weighted by atomic mass is 10.2. The molecule has 0 saturated heterocycles. The van der Waals surface area contributed by atoms with E-state index in [1.54, 1.807) is 69.7 Å². The van der Waals surface area contributed by atoms with Gasteiger partial charge in [0.1, 0.15) is 17.3 Å². The molecule has 9 nitrogen and oxygen atoms in total. The van der Waals surface area contributed by atoms with Gasteiger partial charge in [-0.1, -0.05) is 12.1 Å². The zero-order valence-electron chi connectivity index (χ0n) is 15.6. The molecule has 0 unspecified atom stereocenters. The maximum atomic E-state index is 11.8. The van der Waals surface area contributed by atoms with Gasteiger partial charge in [0, 0.05) is 23.5 Å². The zero-order valence-corrected chi connectivity index (χ0v) is 15.6. The molecule has 0 atom stereocenters. The first-order valence-electron chi connectivity index (χ1n) is 8.35. The molecule has 2 aromatic carbocycles. The Morgan fingerprint density at radius 1 is 0.893 bits per heavy atom. The highest BCUT2D eigenvalue weighted by Crippen LogP contribution is 2.34. The maximum Gasteiger partial charge on any atom is 0.353 e. The summed E-state index contributed by atoms with van der Waals surface area (Å²) in [4.78, 5) is 19.7. The number of hydrogen-bond acceptors (Lipinski definition) is 8. The van der Waals surface area contributed by atoms with Gasteiger partial charge in [-0.3, -0.25) is 10.1 Å². The Hall–Kier alpha value is -3.88. The molecule has 9 heteroatoms. The van der Waals surface area contributed by atoms with Crippen molar-refractivity contribution in [3.05, 3.63) is 64.5 Å². The van der Waals surface area contributed by atoms with Gasteiger partial charge in [0.25, 0.3) is 0 Å². The second-order valence-electron chi connectivity index (χ2n) is 5.79. The molecule has 0 aliphatic carbocycles. The second-order valence-corrected chi connectivity index (χ2v) is 5.79. The van der Waals surface area contributed by atoms with E-state index in [0.29, 0.717) is 28.7 Å². The van der Waals surface area contributed by atoms with E-state index in [1.807, 2.05) is 0 Å². The van der Waals surface area contributed by atoms with Crippen LogP contribution in [0.5, 0.6) is 11.5 Å². The summed E-state index contributed by atoms with van der Waals surface area (Å²) in [7, 11) is 3.10. The number of hydrogen-bond donors (Lipinski definition) is 2. The normalized spacial score (nSPS) is 10.2. The van der Waals surface area contributed by atoms with Gasteiger partial charge in [-0.15, -0.1) is 0 Å². The Balaban J connectivity index is 2.02. The standard InChI is InChI=1S/C19H19N5O4/c1-12-20-18(22-13-6-4-8-15(10-13)27-2)17(24(25)26)19(21-12)23-14-7-5-9-16(11-14)28-3/h4-11H,1-3H3,(H2,20,21,22,23). The monoisotopic (exact) mass is 381 g/mol. The summed E-state index contributed by atoms with van der Waals surface area (Å²) in [5.41, 5.74) is 0.942. The summed E-state index contributed by atoms with van der Waals surface area (Å²) in [6.45, 7) is 1.66. The number of nitrogens with one attached hydrogen (secondary N) is 2. The number of rotatable bonds is 7. The Kier molecular flexibility index (Phi) is 5.54. The molecule has 3 aromatic rings. The third kappa shape index (κ3) is 4.26. The largest absolute Gasteiger partial charge is 0.497 e. The van der Waals surface area contributed by atoms with Crippen molar-refractivity contribution in [3.8, 4) is 11.5 Å². The number of aryl methyl sites for hydroxylation is 1. The van der Waals surface area contributed by atoms with Crippen molar-refractivity contribution in [2.75, 3.05) is 24.9 Å². The Labute approximate surface area is 161 Å². The summed E-state index contributed by atoms with van der Waals surface area (Å²) in [6.07, 6.45) is 0. The highest BCUT2D eigenvalue weighted by Gasteiger charge is 2.25. The number of methoxy groups -OCH3 is 2. The van der Waals surface area contributed by atoms with Crippen molar-refractivity contribution in [1.29, 1.82) is 0 Å². The molecule has 3 rings (SSSR count). The zero-order chi connectivity index (χ0) is 20.1. The molecular weight excluding hydrogens is 362 g/mol. The van der Waals surface area contributed by atoms with Crippen molar-refractivity contribution < 1.29 is 14.4 Å². The van der Waals surface area contributed by atoms with Crippen LogP contribution in [0, 0.1) is 17.0 Å². The fraction of sp³-hybridized carbons (Fsp3) is 0.158. The topological polar surface area (TPSA) is 111 Å². The average Bonchev–Trinajstić information content (AvgIpc) is 2.67. The predicted molar refractivity (Wildman–Crippen MR) is 106 cm³/mol. The third-order valence-corrected chi connectivity index (χ3v) is 3.84. The van der Waals surface area contributed by atoms with E-state index in [2.05, 4.69) is 20.6 Å². The van der Waals surface area contributed by atoms with Crippen molar-refractivity contribution >= 4 is 28.7 Å². The molecule has 0 saturated carbocycles. The molecule has 0 bridgehead atoms. The van der Waals surface area contributed by atoms with E-state index in [0.717, 1.165) is 0 Å². The van der Waals surface area contributed by atoms with Gasteiger partial charge < -0.3 is 20.1 Å². The van der Waals surface area contributed by atoms with Crippen molar-refractivity contribution in [2.24, 2.45) is 0 Å². The van der Waals surface area contributed by atoms with Crippen LogP contribution in [-0.4, -0.2) is 29.1 Å². The molecule has 0 aliphatic heterocycles. The lowest BCUT2D eigenvalue weighted by Gasteiger charge is -2.12. The summed E-state index contributed by atoms with van der Waals surface area (Å²) in [6, 6.07) is 14.1. The first kappa shape index (κ1) is 18.9. The molecule has 1 aromatic heterocycles. The number of nitro groups is 1. The van der Waals surface area contributed by atoms with Gasteiger partial charge in [-0.05, 0) is 31.2 Å². The highest BCUT2D eigenvalue weighted by molar-refractivity contribution is 5.77. The molecule has 0 fully saturated rings. The van der Waals surface area contributed by atoms with Gasteiger partial charge in [0.2, 0.25) is 11.6 Å². The van der Waals surface area contributed by atoms with Gasteiger partial charge >= 0.3 is 5.69 Å². The minimum absolute atomic E-state index is 0.0798. The smallest absolute Gasteiger partial charge is 0.353 e. The summed E-state index contributed by atoms with van der Waals surface area (Å²) in [5.74, 6) is 1.77. The van der Waals surface area contributed by atoms with Crippen LogP contribution in [0.1, 0.15) is 5.82 Å². The lowest BCUT2D eigenvalue weighted by molar-refractivity contribution is -0.383. The van der Waals surface area contributed by atoms with Crippen LogP contribution in [-0.2, 0) is 0 Å². The molecule has 2 N–H and O–H groups in total. The van der Waals surface area contributed by atoms with Crippen LogP contribution in [0.25, 0.3) is 0 Å². The Bertz CT molecular complexity index is 939. The van der Waals surface area contributed by atoms with E-state index in [-0.39, 0.29) is 17.3 Å². The summed E-state index contributed by atoms with van der Waals surface area (Å²) in [5, 5.41) is 17.7. The molecule has 0 aliphatic rings. The van der Waals surface area contributed by atoms with Crippen LogP contribution in [0.3, 0.4) is 0 Å². The quantitative estimate of drug-likeness (QED) is 0.463. The maximum absolute atomic E-state index is 11.8. The van der Waals surface area contributed by atoms with Gasteiger partial charge in [0.05, 0.1) is 19.1 Å². The minimum atomic E-state index is -0.523. The molecule has 144 valence electrons. The molecule has 0 radical (unpaired) electrons. The summed E-state index contributed by atoms with van der Waals surface area (Å²) >= 11 is 0. The van der Waals surface area contributed by atoms with E-state index in [9.17, 15) is 10.1 Å². The average molecular weight is 381 g/mol. The molecule has 0 spiro atoms. The number of ether oxygens (including phenoxy) is 2. The number of anilines is 4. The highest BCUT2D eigenvalue weighted by atomic mass is 16.6. The van der Waals surface area contributed by atoms with E-state index < -0.39 is 4.92 Å². The summed E-state index contributed by atoms with van der Waals surface area (Å²) < 4.78 is 10.4. The first-order valence-corrected chi connectivity index (χ1v) is 8.35. The van der Waals surface area contributed by atoms with E-state index in [4.69, 9.17) is 9.47 Å². The SMILES string of the molecule is COc1cccc(Nc2nc(C)nc(Nc3cccc(OC)c3)c2[N+](=O)[O-])c1. The van der Waals surface area contributed by atoms with Crippen LogP contribution in [0.2, 0.25) is 0 Å². The second kappa shape index (κ2) is 8.21. The number of nitrogens with zero attached hydrogens (tertiary/aromatic N) is 3. The molecule has 28 heavy (non-hydrogen) atoms. The van der Waals surface area contributed by atoms with Crippen molar-refractivity contribution in [2.45, 2.75) is 6.92 Å². The van der Waals surface area contributed by atoms with Crippen LogP contribution in [0.4, 0.5) is 28.7 Å². The first-order chi connectivity index (χ1) is 13.5. The Morgan fingerprint density at radius 2 is 1.36 bits per heavy atom. The Morgan fingerprint density at radius 3 is 1.75 bits per heavy atom. The fourth-order valence-corrected chi connectivity index (χ4v) is 2.59. The van der Waals surface area contributed by atoms with Crippen LogP contribution in [0.15, 0.2) is 48.5 Å². The molecule has 0 amide bonds. The van der Waals surface area contributed by atoms with Crippen LogP contribution < -0.4 is 20.1 Å². The number of benzene rings is 2. The van der Waals surface area contributed by atoms with Gasteiger partial charge in [0.15, 0.2) is 0 Å². The molecular formula is C19H19N5O4. The third-order valence-electron chi connectivity index (χ3n) is 3.84. The van der Waals surface area contributed by atoms with Crippen molar-refractivity contribution in [1.82, 2.24) is 9.97 Å². The minimum Gasteiger partial charge on any atom is -0.497 e. The number of aromatic nitrogens is 2. The van der Waals surface area contributed by atoms with Gasteiger partial charge in [-0.25, -0.2) is 9.97 Å². The van der Waals surface area contributed by atoms with Crippen molar-refractivity contribution in [3.63, 3.8) is 0 Å². The molecule has 1 heterocycles. The predicted octanol–water partition coefficient (Wildman–Crippen LogP) is 4.20. The lowest BCUT2D eigenvalue weighted by Crippen LogP contribution is -2.07. The van der Waals surface area contributed by atoms with Gasteiger partial charge in [-0.2, -0.15) is 0 Å². The van der Waals surface area contributed by atoms with E-state index in [1.165, 1.54) is 0 Å². The van der Waals surface area contributed by atoms with E-state index >= 15 is 0 Å². The fourth-order valence-electron chi connectivity index (χ4n) is 2.59.